The normalized spacial score (nSPS) is 18.4. The zero-order chi connectivity index (χ0) is 14.8. The van der Waals surface area contributed by atoms with Gasteiger partial charge >= 0.3 is 0 Å². The van der Waals surface area contributed by atoms with Gasteiger partial charge in [-0.25, -0.2) is 17.2 Å². The Labute approximate surface area is 117 Å². The van der Waals surface area contributed by atoms with Gasteiger partial charge in [-0.15, -0.1) is 0 Å². The molecule has 112 valence electrons. The summed E-state index contributed by atoms with van der Waals surface area (Å²) in [5, 5.41) is 3.06. The van der Waals surface area contributed by atoms with Crippen molar-refractivity contribution in [1.29, 1.82) is 0 Å². The van der Waals surface area contributed by atoms with Crippen LogP contribution in [0.1, 0.15) is 12.8 Å². The van der Waals surface area contributed by atoms with Gasteiger partial charge in [-0.2, -0.15) is 4.31 Å². The Balaban J connectivity index is 2.18. The molecule has 1 aliphatic heterocycles. The van der Waals surface area contributed by atoms with Crippen LogP contribution in [0.3, 0.4) is 0 Å². The number of sulfonamides is 1. The van der Waals surface area contributed by atoms with Gasteiger partial charge in [0.25, 0.3) is 0 Å². The summed E-state index contributed by atoms with van der Waals surface area (Å²) in [7, 11) is -2.10. The van der Waals surface area contributed by atoms with E-state index in [0.717, 1.165) is 31.5 Å². The van der Waals surface area contributed by atoms with Gasteiger partial charge in [0.2, 0.25) is 10.0 Å². The largest absolute Gasteiger partial charge is 0.319 e. The fourth-order valence-corrected chi connectivity index (χ4v) is 4.01. The third kappa shape index (κ3) is 2.99. The van der Waals surface area contributed by atoms with Crippen LogP contribution < -0.4 is 5.32 Å². The average molecular weight is 304 g/mol. The highest BCUT2D eigenvalue weighted by molar-refractivity contribution is 7.89. The first-order chi connectivity index (χ1) is 9.46. The molecule has 1 heterocycles. The van der Waals surface area contributed by atoms with E-state index in [1.807, 2.05) is 7.05 Å². The molecule has 0 atom stereocenters. The van der Waals surface area contributed by atoms with Gasteiger partial charge in [-0.3, -0.25) is 0 Å². The summed E-state index contributed by atoms with van der Waals surface area (Å²) in [4.78, 5) is -0.579. The second kappa shape index (κ2) is 6.15. The zero-order valence-corrected chi connectivity index (χ0v) is 12.1. The molecule has 4 nitrogen and oxygen atoms in total. The maximum atomic E-state index is 13.7. The summed E-state index contributed by atoms with van der Waals surface area (Å²) in [5.41, 5.74) is 0. The molecule has 1 N–H and O–H groups in total. The number of hydrogen-bond acceptors (Lipinski definition) is 3. The number of piperidine rings is 1. The molecule has 0 unspecified atom stereocenters. The van der Waals surface area contributed by atoms with E-state index in [-0.39, 0.29) is 0 Å². The van der Waals surface area contributed by atoms with Crippen molar-refractivity contribution in [3.05, 3.63) is 29.8 Å². The Morgan fingerprint density at radius 2 is 1.95 bits per heavy atom. The third-order valence-electron chi connectivity index (χ3n) is 3.60. The van der Waals surface area contributed by atoms with Gasteiger partial charge in [0.1, 0.15) is 4.90 Å². The number of rotatable bonds is 4. The first-order valence-corrected chi connectivity index (χ1v) is 7.99. The highest BCUT2D eigenvalue weighted by Crippen LogP contribution is 2.25. The Bertz CT molecular complexity index is 570. The fraction of sp³-hybridized carbons (Fsp3) is 0.538. The lowest BCUT2D eigenvalue weighted by Gasteiger charge is -2.31. The Morgan fingerprint density at radius 1 is 1.30 bits per heavy atom. The van der Waals surface area contributed by atoms with Crippen LogP contribution >= 0.6 is 0 Å². The van der Waals surface area contributed by atoms with E-state index in [1.54, 1.807) is 0 Å². The summed E-state index contributed by atoms with van der Waals surface area (Å²) >= 11 is 0. The first kappa shape index (κ1) is 15.3. The summed E-state index contributed by atoms with van der Waals surface area (Å²) in [5.74, 6) is -2.02. The minimum atomic E-state index is -3.96. The Kier molecular flexibility index (Phi) is 4.72. The summed E-state index contributed by atoms with van der Waals surface area (Å²) in [6, 6.07) is 3.22. The molecule has 0 bridgehead atoms. The lowest BCUT2D eigenvalue weighted by atomic mass is 9.98. The van der Waals surface area contributed by atoms with Gasteiger partial charge in [0.15, 0.2) is 11.6 Å². The maximum absolute atomic E-state index is 13.7. The molecule has 1 aromatic carbocycles. The third-order valence-corrected chi connectivity index (χ3v) is 5.52. The van der Waals surface area contributed by atoms with E-state index < -0.39 is 26.6 Å². The summed E-state index contributed by atoms with van der Waals surface area (Å²) in [6.45, 7) is 1.51. The monoisotopic (exact) mass is 304 g/mol. The van der Waals surface area contributed by atoms with Crippen molar-refractivity contribution >= 4 is 10.0 Å². The molecular weight excluding hydrogens is 286 g/mol. The van der Waals surface area contributed by atoms with Crippen molar-refractivity contribution in [2.24, 2.45) is 5.92 Å². The van der Waals surface area contributed by atoms with E-state index in [1.165, 1.54) is 10.4 Å². The Hall–Kier alpha value is -1.05. The van der Waals surface area contributed by atoms with Crippen molar-refractivity contribution in [3.8, 4) is 0 Å². The molecule has 0 aromatic heterocycles. The average Bonchev–Trinajstić information content (AvgIpc) is 2.42. The van der Waals surface area contributed by atoms with Crippen molar-refractivity contribution in [2.45, 2.75) is 17.7 Å². The number of benzene rings is 1. The fourth-order valence-electron chi connectivity index (χ4n) is 2.46. The number of hydrogen-bond donors (Lipinski definition) is 1. The van der Waals surface area contributed by atoms with Crippen LogP contribution in [0.2, 0.25) is 0 Å². The van der Waals surface area contributed by atoms with E-state index in [2.05, 4.69) is 5.32 Å². The zero-order valence-electron chi connectivity index (χ0n) is 11.3. The molecule has 1 fully saturated rings. The topological polar surface area (TPSA) is 49.4 Å². The molecule has 0 spiro atoms. The first-order valence-electron chi connectivity index (χ1n) is 6.55. The molecule has 2 rings (SSSR count). The van der Waals surface area contributed by atoms with Crippen LogP contribution in [0, 0.1) is 17.6 Å². The smallest absolute Gasteiger partial charge is 0.246 e. The van der Waals surface area contributed by atoms with Gasteiger partial charge < -0.3 is 5.32 Å². The molecule has 1 aliphatic rings. The number of nitrogens with zero attached hydrogens (tertiary/aromatic N) is 1. The minimum Gasteiger partial charge on any atom is -0.319 e. The standard InChI is InChI=1S/C13H18F2N2O2S/c1-16-9-10-5-7-17(8-6-10)20(18,19)12-4-2-3-11(14)13(12)15/h2-4,10,16H,5-9H2,1H3. The van der Waals surface area contributed by atoms with Crippen molar-refractivity contribution in [1.82, 2.24) is 9.62 Å². The molecule has 0 saturated carbocycles. The van der Waals surface area contributed by atoms with Crippen LogP contribution in [0.15, 0.2) is 23.1 Å². The van der Waals surface area contributed by atoms with E-state index in [4.69, 9.17) is 0 Å². The van der Waals surface area contributed by atoms with Gasteiger partial charge in [0.05, 0.1) is 0 Å². The lowest BCUT2D eigenvalue weighted by Crippen LogP contribution is -2.40. The van der Waals surface area contributed by atoms with Crippen LogP contribution in [0.4, 0.5) is 8.78 Å². The van der Waals surface area contributed by atoms with Crippen molar-refractivity contribution in [2.75, 3.05) is 26.7 Å². The van der Waals surface area contributed by atoms with Gasteiger partial charge in [-0.1, -0.05) is 6.07 Å². The molecule has 7 heteroatoms. The van der Waals surface area contributed by atoms with Gasteiger partial charge in [-0.05, 0) is 44.5 Å². The maximum Gasteiger partial charge on any atom is 0.246 e. The lowest BCUT2D eigenvalue weighted by molar-refractivity contribution is 0.270. The summed E-state index contributed by atoms with van der Waals surface area (Å²) < 4.78 is 52.7. The van der Waals surface area contributed by atoms with Gasteiger partial charge in [0, 0.05) is 13.1 Å². The molecular formula is C13H18F2N2O2S. The minimum absolute atomic E-state index is 0.338. The molecule has 0 aliphatic carbocycles. The molecule has 20 heavy (non-hydrogen) atoms. The molecule has 0 amide bonds. The molecule has 1 saturated heterocycles. The van der Waals surface area contributed by atoms with Crippen molar-refractivity contribution < 1.29 is 17.2 Å². The highest BCUT2D eigenvalue weighted by atomic mass is 32.2. The van der Waals surface area contributed by atoms with E-state index in [0.29, 0.717) is 19.0 Å². The van der Waals surface area contributed by atoms with E-state index in [9.17, 15) is 17.2 Å². The second-order valence-electron chi connectivity index (χ2n) is 4.96. The quantitative estimate of drug-likeness (QED) is 0.919. The molecule has 0 radical (unpaired) electrons. The van der Waals surface area contributed by atoms with Crippen LogP contribution in [0.5, 0.6) is 0 Å². The van der Waals surface area contributed by atoms with E-state index >= 15 is 0 Å². The predicted molar refractivity (Wildman–Crippen MR) is 71.8 cm³/mol. The SMILES string of the molecule is CNCC1CCN(S(=O)(=O)c2cccc(F)c2F)CC1. The Morgan fingerprint density at radius 3 is 2.55 bits per heavy atom. The summed E-state index contributed by atoms with van der Waals surface area (Å²) in [6.07, 6.45) is 1.44. The van der Waals surface area contributed by atoms with Crippen molar-refractivity contribution in [3.63, 3.8) is 0 Å². The second-order valence-corrected chi connectivity index (χ2v) is 6.86. The molecule has 1 aromatic rings. The number of nitrogens with one attached hydrogen (secondary N) is 1. The van der Waals surface area contributed by atoms with Crippen LogP contribution in [0.25, 0.3) is 0 Å². The predicted octanol–water partition coefficient (Wildman–Crippen LogP) is 1.58. The van der Waals surface area contributed by atoms with Crippen LogP contribution in [-0.4, -0.2) is 39.4 Å². The highest BCUT2D eigenvalue weighted by Gasteiger charge is 2.31. The number of halogens is 2. The van der Waals surface area contributed by atoms with Crippen LogP contribution in [-0.2, 0) is 10.0 Å².